The Morgan fingerprint density at radius 3 is 3.00 bits per heavy atom. The topological polar surface area (TPSA) is 53.6 Å². The van der Waals surface area contributed by atoms with Gasteiger partial charge >= 0.3 is 0 Å². The molecule has 0 unspecified atom stereocenters. The Bertz CT molecular complexity index is 399. The van der Waals surface area contributed by atoms with E-state index in [0.29, 0.717) is 0 Å². The summed E-state index contributed by atoms with van der Waals surface area (Å²) in [6.45, 7) is 3.95. The normalized spacial score (nSPS) is 15.2. The molecule has 0 heterocycles. The van der Waals surface area contributed by atoms with Crippen LogP contribution in [0.15, 0.2) is 29.4 Å². The van der Waals surface area contributed by atoms with Crippen molar-refractivity contribution in [3.63, 3.8) is 0 Å². The molecule has 1 aromatic rings. The minimum atomic E-state index is 0.738. The summed E-state index contributed by atoms with van der Waals surface area (Å²) in [6, 6.07) is 9.22. The molecule has 2 rings (SSSR count). The molecule has 3 N–H and O–H groups in total. The van der Waals surface area contributed by atoms with Gasteiger partial charge in [0.2, 0.25) is 0 Å². The lowest BCUT2D eigenvalue weighted by atomic mass is 10.2. The maximum atomic E-state index is 5.40. The lowest BCUT2D eigenvalue weighted by Gasteiger charge is -2.18. The van der Waals surface area contributed by atoms with Crippen LogP contribution in [-0.2, 0) is 6.54 Å². The molecule has 0 atom stereocenters. The number of benzene rings is 1. The number of rotatable bonds is 7. The zero-order valence-corrected chi connectivity index (χ0v) is 11.0. The summed E-state index contributed by atoms with van der Waals surface area (Å²) in [5.74, 6) is 0. The summed E-state index contributed by atoms with van der Waals surface area (Å²) >= 11 is 0. The fourth-order valence-corrected chi connectivity index (χ4v) is 1.92. The molecule has 0 aromatic heterocycles. The minimum Gasteiger partial charge on any atom is -0.388 e. The Morgan fingerprint density at radius 2 is 2.33 bits per heavy atom. The highest BCUT2D eigenvalue weighted by atomic mass is 15.5. The van der Waals surface area contributed by atoms with Gasteiger partial charge in [-0.2, -0.15) is 5.10 Å². The van der Waals surface area contributed by atoms with E-state index < -0.39 is 0 Å². The molecule has 4 nitrogen and oxygen atoms in total. The first kappa shape index (κ1) is 12.9. The van der Waals surface area contributed by atoms with Crippen molar-refractivity contribution in [2.75, 3.05) is 11.6 Å². The van der Waals surface area contributed by atoms with Gasteiger partial charge in [0.15, 0.2) is 0 Å². The third-order valence-corrected chi connectivity index (χ3v) is 3.02. The molecule has 0 amide bonds. The number of nitrogens with one attached hydrogen (secondary N) is 1. The minimum absolute atomic E-state index is 0.738. The van der Waals surface area contributed by atoms with Crippen LogP contribution in [0.2, 0.25) is 0 Å². The SMILES string of the molecule is CCCN(/N=C\N)c1cccc(CNC2CC2)c1. The van der Waals surface area contributed by atoms with Gasteiger partial charge < -0.3 is 11.1 Å². The van der Waals surface area contributed by atoms with Crippen molar-refractivity contribution in [1.29, 1.82) is 0 Å². The lowest BCUT2D eigenvalue weighted by Crippen LogP contribution is -2.19. The van der Waals surface area contributed by atoms with Crippen LogP contribution in [0.1, 0.15) is 31.7 Å². The van der Waals surface area contributed by atoms with E-state index in [2.05, 4.69) is 41.6 Å². The molecule has 1 saturated carbocycles. The van der Waals surface area contributed by atoms with Crippen LogP contribution in [0.25, 0.3) is 0 Å². The fraction of sp³-hybridized carbons (Fsp3) is 0.500. The van der Waals surface area contributed by atoms with E-state index in [1.54, 1.807) is 0 Å². The van der Waals surface area contributed by atoms with Crippen LogP contribution in [0.3, 0.4) is 0 Å². The van der Waals surface area contributed by atoms with Crippen molar-refractivity contribution < 1.29 is 0 Å². The Labute approximate surface area is 109 Å². The second-order valence-electron chi connectivity index (χ2n) is 4.71. The fourth-order valence-electron chi connectivity index (χ4n) is 1.92. The largest absolute Gasteiger partial charge is 0.388 e. The van der Waals surface area contributed by atoms with Crippen molar-refractivity contribution in [2.24, 2.45) is 10.8 Å². The van der Waals surface area contributed by atoms with Crippen molar-refractivity contribution in [3.8, 4) is 0 Å². The number of nitrogens with two attached hydrogens (primary N) is 1. The van der Waals surface area contributed by atoms with Crippen LogP contribution in [0.5, 0.6) is 0 Å². The van der Waals surface area contributed by atoms with Gasteiger partial charge in [-0.15, -0.1) is 0 Å². The van der Waals surface area contributed by atoms with Gasteiger partial charge in [0, 0.05) is 19.1 Å². The van der Waals surface area contributed by atoms with Crippen LogP contribution in [0, 0.1) is 0 Å². The van der Waals surface area contributed by atoms with Gasteiger partial charge in [-0.25, -0.2) is 0 Å². The second-order valence-corrected chi connectivity index (χ2v) is 4.71. The number of anilines is 1. The van der Waals surface area contributed by atoms with Gasteiger partial charge in [-0.05, 0) is 37.0 Å². The first-order chi connectivity index (χ1) is 8.83. The summed E-state index contributed by atoms with van der Waals surface area (Å²) < 4.78 is 0. The zero-order valence-electron chi connectivity index (χ0n) is 11.0. The van der Waals surface area contributed by atoms with Crippen molar-refractivity contribution >= 4 is 12.0 Å². The highest BCUT2D eigenvalue weighted by Crippen LogP contribution is 2.21. The van der Waals surface area contributed by atoms with Gasteiger partial charge in [-0.3, -0.25) is 5.01 Å². The zero-order chi connectivity index (χ0) is 12.8. The van der Waals surface area contributed by atoms with Crippen molar-refractivity contribution in [2.45, 2.75) is 38.8 Å². The Morgan fingerprint density at radius 1 is 1.50 bits per heavy atom. The first-order valence-corrected chi connectivity index (χ1v) is 6.67. The van der Waals surface area contributed by atoms with E-state index in [4.69, 9.17) is 5.73 Å². The average Bonchev–Trinajstić information content (AvgIpc) is 3.21. The standard InChI is InChI=1S/C14H22N4/c1-2-8-18(17-11-15)14-5-3-4-12(9-14)10-16-13-6-7-13/h3-5,9,11,13,16H,2,6-8,10H2,1H3,(H2,15,17). The Kier molecular flexibility index (Phi) is 4.59. The molecule has 1 aromatic carbocycles. The molecule has 0 radical (unpaired) electrons. The number of hydrogen-bond donors (Lipinski definition) is 2. The third-order valence-electron chi connectivity index (χ3n) is 3.02. The maximum absolute atomic E-state index is 5.40. The van der Waals surface area contributed by atoms with Crippen molar-refractivity contribution in [3.05, 3.63) is 29.8 Å². The highest BCUT2D eigenvalue weighted by molar-refractivity contribution is 5.56. The van der Waals surface area contributed by atoms with Crippen LogP contribution >= 0.6 is 0 Å². The second kappa shape index (κ2) is 6.40. The first-order valence-electron chi connectivity index (χ1n) is 6.67. The molecule has 18 heavy (non-hydrogen) atoms. The van der Waals surface area contributed by atoms with Gasteiger partial charge in [0.05, 0.1) is 5.69 Å². The molecule has 4 heteroatoms. The summed E-state index contributed by atoms with van der Waals surface area (Å²) in [5, 5.41) is 9.66. The van der Waals surface area contributed by atoms with Gasteiger partial charge in [0.25, 0.3) is 0 Å². The molecule has 1 aliphatic carbocycles. The number of hydrazone groups is 1. The van der Waals surface area contributed by atoms with E-state index in [1.165, 1.54) is 24.7 Å². The maximum Gasteiger partial charge on any atom is 0.106 e. The summed E-state index contributed by atoms with van der Waals surface area (Å²) in [5.41, 5.74) is 7.80. The van der Waals surface area contributed by atoms with Crippen molar-refractivity contribution in [1.82, 2.24) is 5.32 Å². The number of nitrogens with zero attached hydrogens (tertiary/aromatic N) is 2. The molecule has 0 bridgehead atoms. The molecule has 0 saturated heterocycles. The van der Waals surface area contributed by atoms with E-state index in [9.17, 15) is 0 Å². The van der Waals surface area contributed by atoms with Gasteiger partial charge in [-0.1, -0.05) is 19.1 Å². The summed E-state index contributed by atoms with van der Waals surface area (Å²) in [4.78, 5) is 0. The molecular formula is C14H22N4. The Hall–Kier alpha value is -1.55. The third kappa shape index (κ3) is 3.74. The van der Waals surface area contributed by atoms with Crippen LogP contribution in [-0.4, -0.2) is 18.9 Å². The predicted molar refractivity (Wildman–Crippen MR) is 76.6 cm³/mol. The average molecular weight is 246 g/mol. The van der Waals surface area contributed by atoms with E-state index >= 15 is 0 Å². The van der Waals surface area contributed by atoms with E-state index in [-0.39, 0.29) is 0 Å². The number of hydrogen-bond acceptors (Lipinski definition) is 3. The molecule has 0 spiro atoms. The molecule has 98 valence electrons. The summed E-state index contributed by atoms with van der Waals surface area (Å²) in [7, 11) is 0. The smallest absolute Gasteiger partial charge is 0.106 e. The van der Waals surface area contributed by atoms with Crippen LogP contribution in [0.4, 0.5) is 5.69 Å². The van der Waals surface area contributed by atoms with E-state index in [0.717, 1.165) is 31.2 Å². The molecular weight excluding hydrogens is 224 g/mol. The Balaban J connectivity index is 2.02. The monoisotopic (exact) mass is 246 g/mol. The van der Waals surface area contributed by atoms with E-state index in [1.807, 2.05) is 5.01 Å². The lowest BCUT2D eigenvalue weighted by molar-refractivity contribution is 0.687. The quantitative estimate of drug-likeness (QED) is 0.440. The molecule has 1 fully saturated rings. The molecule has 0 aliphatic heterocycles. The summed E-state index contributed by atoms with van der Waals surface area (Å²) in [6.07, 6.45) is 5.03. The predicted octanol–water partition coefficient (Wildman–Crippen LogP) is 2.06. The van der Waals surface area contributed by atoms with Gasteiger partial charge in [0.1, 0.15) is 6.34 Å². The highest BCUT2D eigenvalue weighted by Gasteiger charge is 2.19. The molecule has 1 aliphatic rings. The van der Waals surface area contributed by atoms with Crippen LogP contribution < -0.4 is 16.1 Å².